The summed E-state index contributed by atoms with van der Waals surface area (Å²) in [4.78, 5) is 36.6. The highest BCUT2D eigenvalue weighted by Gasteiger charge is 2.34. The van der Waals surface area contributed by atoms with Gasteiger partial charge in [-0.1, -0.05) is 41.9 Å². The van der Waals surface area contributed by atoms with Gasteiger partial charge in [0.05, 0.1) is 17.5 Å². The zero-order chi connectivity index (χ0) is 22.1. The van der Waals surface area contributed by atoms with Crippen LogP contribution in [0.15, 0.2) is 64.7 Å². The van der Waals surface area contributed by atoms with Crippen LogP contribution in [0.5, 0.6) is 0 Å². The van der Waals surface area contributed by atoms with Crippen LogP contribution in [0.3, 0.4) is 0 Å². The maximum Gasteiger partial charge on any atom is 0.329 e. The van der Waals surface area contributed by atoms with E-state index in [2.05, 4.69) is 5.32 Å². The van der Waals surface area contributed by atoms with Crippen molar-refractivity contribution in [1.29, 1.82) is 0 Å². The van der Waals surface area contributed by atoms with Crippen LogP contribution in [0.4, 0.5) is 9.18 Å². The van der Waals surface area contributed by atoms with Crippen LogP contribution in [0.1, 0.15) is 21.7 Å². The highest BCUT2D eigenvalue weighted by molar-refractivity contribution is 6.33. The van der Waals surface area contributed by atoms with E-state index in [1.54, 1.807) is 18.2 Å². The molecule has 31 heavy (non-hydrogen) atoms. The fourth-order valence-corrected chi connectivity index (χ4v) is 3.33. The number of rotatable bonds is 5. The number of amides is 3. The van der Waals surface area contributed by atoms with E-state index in [1.807, 2.05) is 0 Å². The number of urea groups is 1. The number of carboxylic acids is 1. The molecule has 1 fully saturated rings. The second kappa shape index (κ2) is 8.08. The fraction of sp³-hybridized carbons (Fsp3) is 0.0455. The Labute approximate surface area is 180 Å². The number of nitrogens with one attached hydrogen (secondary N) is 1. The summed E-state index contributed by atoms with van der Waals surface area (Å²) < 4.78 is 19.5. The van der Waals surface area contributed by atoms with Crippen LogP contribution in [0.25, 0.3) is 17.4 Å². The van der Waals surface area contributed by atoms with Crippen LogP contribution in [0.2, 0.25) is 5.02 Å². The molecule has 0 spiro atoms. The van der Waals surface area contributed by atoms with Crippen molar-refractivity contribution >= 4 is 35.6 Å². The molecule has 1 aliphatic heterocycles. The molecule has 156 valence electrons. The third-order valence-corrected chi connectivity index (χ3v) is 4.95. The Morgan fingerprint density at radius 1 is 1.16 bits per heavy atom. The second-order valence-electron chi connectivity index (χ2n) is 6.65. The zero-order valence-electron chi connectivity index (χ0n) is 15.7. The number of carbonyl (C=O) groups is 3. The molecule has 1 N–H and O–H groups in total. The van der Waals surface area contributed by atoms with Crippen LogP contribution in [-0.2, 0) is 11.3 Å². The molecule has 4 rings (SSSR count). The summed E-state index contributed by atoms with van der Waals surface area (Å²) in [5.41, 5.74) is 0.563. The predicted molar refractivity (Wildman–Crippen MR) is 107 cm³/mol. The van der Waals surface area contributed by atoms with Gasteiger partial charge in [-0.05, 0) is 24.3 Å². The summed E-state index contributed by atoms with van der Waals surface area (Å²) >= 11 is 5.95. The summed E-state index contributed by atoms with van der Waals surface area (Å²) in [6.45, 7) is -0.207. The molecule has 9 heteroatoms. The van der Waals surface area contributed by atoms with Crippen molar-refractivity contribution in [3.05, 3.63) is 88.0 Å². The zero-order valence-corrected chi connectivity index (χ0v) is 16.5. The third-order valence-electron chi connectivity index (χ3n) is 4.64. The van der Waals surface area contributed by atoms with Gasteiger partial charge in [0.25, 0.3) is 5.91 Å². The normalized spacial score (nSPS) is 14.9. The lowest BCUT2D eigenvalue weighted by atomic mass is 10.1. The molecule has 1 saturated heterocycles. The van der Waals surface area contributed by atoms with E-state index in [0.717, 1.165) is 4.90 Å². The molecule has 0 atom stereocenters. The Kier molecular flexibility index (Phi) is 5.31. The Morgan fingerprint density at radius 2 is 1.94 bits per heavy atom. The number of aromatic carboxylic acids is 1. The lowest BCUT2D eigenvalue weighted by Crippen LogP contribution is -2.30. The van der Waals surface area contributed by atoms with Gasteiger partial charge in [-0.3, -0.25) is 9.69 Å². The highest BCUT2D eigenvalue weighted by Crippen LogP contribution is 2.28. The van der Waals surface area contributed by atoms with Crippen LogP contribution in [0, 0.1) is 5.82 Å². The largest absolute Gasteiger partial charge is 0.545 e. The molecular formula is C22H13ClFN2O5-. The molecule has 2 heterocycles. The quantitative estimate of drug-likeness (QED) is 0.486. The summed E-state index contributed by atoms with van der Waals surface area (Å²) in [5.74, 6) is -1.88. The van der Waals surface area contributed by atoms with Crippen LogP contribution < -0.4 is 10.4 Å². The number of carbonyl (C=O) groups excluding carboxylic acids is 3. The number of carboxylic acid groups (broad SMARTS) is 1. The molecule has 3 aromatic rings. The van der Waals surface area contributed by atoms with E-state index < -0.39 is 23.7 Å². The number of furan rings is 1. The number of halogens is 2. The van der Waals surface area contributed by atoms with Gasteiger partial charge < -0.3 is 19.6 Å². The second-order valence-corrected chi connectivity index (χ2v) is 7.06. The van der Waals surface area contributed by atoms with Crippen molar-refractivity contribution in [3.63, 3.8) is 0 Å². The van der Waals surface area contributed by atoms with Crippen LogP contribution in [-0.4, -0.2) is 22.8 Å². The maximum absolute atomic E-state index is 13.9. The highest BCUT2D eigenvalue weighted by atomic mass is 35.5. The minimum atomic E-state index is -1.39. The van der Waals surface area contributed by atoms with Gasteiger partial charge in [0.15, 0.2) is 0 Å². The number of benzene rings is 2. The molecule has 0 aliphatic carbocycles. The summed E-state index contributed by atoms with van der Waals surface area (Å²) in [6, 6.07) is 12.6. The maximum atomic E-state index is 13.9. The molecule has 2 aromatic carbocycles. The first kappa shape index (κ1) is 20.4. The minimum absolute atomic E-state index is 0.00387. The first-order valence-corrected chi connectivity index (χ1v) is 9.40. The minimum Gasteiger partial charge on any atom is -0.545 e. The summed E-state index contributed by atoms with van der Waals surface area (Å²) in [6.07, 6.45) is 1.35. The molecule has 0 unspecified atom stereocenters. The average Bonchev–Trinajstić information content (AvgIpc) is 3.29. The molecule has 3 amide bonds. The Hall–Kier alpha value is -3.91. The summed E-state index contributed by atoms with van der Waals surface area (Å²) in [7, 11) is 0. The standard InChI is InChI=1S/C22H14ClFN2O5/c23-16-9-12(5-7-15(16)21(28)29)19-8-6-14(31-19)10-18-20(27)26(22(30)25-18)11-13-3-1-2-4-17(13)24/h1-10H,11H2,(H,25,30)(H,28,29)/p-1/b18-10+. The lowest BCUT2D eigenvalue weighted by Gasteiger charge is -2.12. The predicted octanol–water partition coefficient (Wildman–Crippen LogP) is 3.20. The third kappa shape index (κ3) is 4.06. The van der Waals surface area contributed by atoms with Crippen molar-refractivity contribution in [2.45, 2.75) is 6.54 Å². The first-order chi connectivity index (χ1) is 14.8. The van der Waals surface area contributed by atoms with Gasteiger partial charge in [0.2, 0.25) is 0 Å². The Morgan fingerprint density at radius 3 is 2.65 bits per heavy atom. The molecule has 0 saturated carbocycles. The first-order valence-electron chi connectivity index (χ1n) is 9.02. The number of hydrogen-bond acceptors (Lipinski definition) is 5. The van der Waals surface area contributed by atoms with E-state index in [-0.39, 0.29) is 34.2 Å². The Balaban J connectivity index is 1.55. The van der Waals surface area contributed by atoms with Gasteiger partial charge in [0.1, 0.15) is 23.0 Å². The van der Waals surface area contributed by atoms with Crippen molar-refractivity contribution in [1.82, 2.24) is 10.2 Å². The number of hydrogen-bond donors (Lipinski definition) is 1. The van der Waals surface area contributed by atoms with Crippen molar-refractivity contribution < 1.29 is 28.3 Å². The number of nitrogens with zero attached hydrogens (tertiary/aromatic N) is 1. The van der Waals surface area contributed by atoms with Gasteiger partial charge >= 0.3 is 6.03 Å². The van der Waals surface area contributed by atoms with Crippen molar-refractivity contribution in [3.8, 4) is 11.3 Å². The molecule has 1 aromatic heterocycles. The molecule has 7 nitrogen and oxygen atoms in total. The smallest absolute Gasteiger partial charge is 0.329 e. The fourth-order valence-electron chi connectivity index (χ4n) is 3.07. The van der Waals surface area contributed by atoms with Gasteiger partial charge in [0, 0.05) is 22.8 Å². The van der Waals surface area contributed by atoms with Crippen molar-refractivity contribution in [2.75, 3.05) is 0 Å². The SMILES string of the molecule is O=C([O-])c1ccc(-c2ccc(/C=C3/NC(=O)N(Cc4ccccc4F)C3=O)o2)cc1Cl. The van der Waals surface area contributed by atoms with Gasteiger partial charge in [-0.2, -0.15) is 0 Å². The molecule has 0 bridgehead atoms. The van der Waals surface area contributed by atoms with E-state index in [4.69, 9.17) is 16.0 Å². The lowest BCUT2D eigenvalue weighted by molar-refractivity contribution is -0.255. The van der Waals surface area contributed by atoms with Crippen LogP contribution >= 0.6 is 11.6 Å². The van der Waals surface area contributed by atoms with E-state index in [9.17, 15) is 23.9 Å². The van der Waals surface area contributed by atoms with Crippen molar-refractivity contribution in [2.24, 2.45) is 0 Å². The monoisotopic (exact) mass is 439 g/mol. The molecule has 1 aliphatic rings. The summed E-state index contributed by atoms with van der Waals surface area (Å²) in [5, 5.41) is 13.4. The average molecular weight is 440 g/mol. The Bertz CT molecular complexity index is 1250. The van der Waals surface area contributed by atoms with E-state index >= 15 is 0 Å². The topological polar surface area (TPSA) is 103 Å². The van der Waals surface area contributed by atoms with E-state index in [1.165, 1.54) is 42.5 Å². The van der Waals surface area contributed by atoms with Gasteiger partial charge in [-0.15, -0.1) is 0 Å². The molecular weight excluding hydrogens is 427 g/mol. The van der Waals surface area contributed by atoms with E-state index in [0.29, 0.717) is 11.3 Å². The molecule has 0 radical (unpaired) electrons. The van der Waals surface area contributed by atoms with Gasteiger partial charge in [-0.25, -0.2) is 9.18 Å². The number of imide groups is 1.